The molecule has 4 aliphatic rings. The first-order valence-electron chi connectivity index (χ1n) is 23.4. The van der Waals surface area contributed by atoms with E-state index in [9.17, 15) is 30.0 Å². The van der Waals surface area contributed by atoms with E-state index in [1.807, 2.05) is 80.2 Å². The van der Waals surface area contributed by atoms with Crippen LogP contribution >= 0.6 is 21.6 Å². The summed E-state index contributed by atoms with van der Waals surface area (Å²) in [5.41, 5.74) is -4.47. The Morgan fingerprint density at radius 2 is 1.65 bits per heavy atom. The molecule has 4 aliphatic heterocycles. The van der Waals surface area contributed by atoms with E-state index in [0.717, 1.165) is 12.8 Å². The zero-order valence-electron chi connectivity index (χ0n) is 40.7. The number of hydrogen-bond donors (Lipinski definition) is 4. The molecule has 15 nitrogen and oxygen atoms in total. The van der Waals surface area contributed by atoms with Crippen LogP contribution in [0.25, 0.3) is 0 Å². The van der Waals surface area contributed by atoms with Gasteiger partial charge in [-0.2, -0.15) is 0 Å². The summed E-state index contributed by atoms with van der Waals surface area (Å²) in [7, 11) is 11.1. The number of nitrogens with zero attached hydrogens (tertiary/aromatic N) is 2. The molecule has 0 saturated carbocycles. The number of carbonyl (C=O) groups is 2. The van der Waals surface area contributed by atoms with E-state index < -0.39 is 96.0 Å². The molecule has 4 fully saturated rings. The lowest BCUT2D eigenvalue weighted by atomic mass is 9.77. The number of carbonyl (C=O) groups excluding carboxylic acids is 2. The molecule has 0 aliphatic carbocycles. The third-order valence-corrected chi connectivity index (χ3v) is 17.3. The molecular weight excluding hydrogens is 853 g/mol. The third kappa shape index (κ3) is 13.9. The molecule has 1 unspecified atom stereocenters. The maximum atomic E-state index is 14.5. The molecule has 4 N–H and O–H groups in total. The molecule has 0 bridgehead atoms. The molecule has 63 heavy (non-hydrogen) atoms. The summed E-state index contributed by atoms with van der Waals surface area (Å²) in [6.07, 6.45) is -4.13. The quantitative estimate of drug-likeness (QED) is 0.108. The number of hydrogen-bond acceptors (Lipinski definition) is 17. The van der Waals surface area contributed by atoms with Gasteiger partial charge in [-0.15, -0.1) is 0 Å². The molecule has 0 amide bonds. The van der Waals surface area contributed by atoms with E-state index >= 15 is 0 Å². The smallest absolute Gasteiger partial charge is 0.311 e. The molecule has 0 aromatic rings. The normalized spacial score (nSPS) is 45.3. The first kappa shape index (κ1) is 54.8. The largest absolute Gasteiger partial charge is 0.459 e. The molecule has 17 heteroatoms. The minimum Gasteiger partial charge on any atom is -0.459 e. The van der Waals surface area contributed by atoms with Crippen molar-refractivity contribution in [3.63, 3.8) is 0 Å². The second-order valence-electron chi connectivity index (χ2n) is 20.2. The molecule has 4 heterocycles. The fraction of sp³-hybridized carbons (Fsp3) is 0.957. The second kappa shape index (κ2) is 23.5. The number of ether oxygens (including phenoxy) is 7. The highest BCUT2D eigenvalue weighted by atomic mass is 33.1. The van der Waals surface area contributed by atoms with E-state index in [-0.39, 0.29) is 49.7 Å². The summed E-state index contributed by atoms with van der Waals surface area (Å²) in [4.78, 5) is 32.1. The highest BCUT2D eigenvalue weighted by Crippen LogP contribution is 2.42. The first-order valence-corrected chi connectivity index (χ1v) is 25.8. The van der Waals surface area contributed by atoms with Gasteiger partial charge in [0.2, 0.25) is 0 Å². The molecule has 368 valence electrons. The van der Waals surface area contributed by atoms with Gasteiger partial charge in [0.05, 0.1) is 47.6 Å². The number of unbranched alkanes of at least 4 members (excludes halogenated alkanes) is 1. The predicted molar refractivity (Wildman–Crippen MR) is 245 cm³/mol. The second-order valence-corrected chi connectivity index (χ2v) is 23.0. The highest BCUT2D eigenvalue weighted by Gasteiger charge is 2.53. The number of methoxy groups -OCH3 is 1. The zero-order chi connectivity index (χ0) is 47.2. The Balaban J connectivity index is 1.78. The van der Waals surface area contributed by atoms with Crippen LogP contribution in [0.1, 0.15) is 127 Å². The SMILES string of the molecule is CC[C@H]1OC(=O)[C@H](C)[C@@H](O[C@H]2C[C@@](C)(OC)[C@@H](O)[C@H](C)O2)[C@H](C)[C@@H](O[C@@H]2O[C@H](C)C[C@H](N(C)C)[C@H]2OC(=O)CCCCC2CCSS2)[C@](C)(O)C[C@@H](C)CN(C)[C@H](C)[C@@H](O)[C@]1(C)O. The van der Waals surface area contributed by atoms with Crippen molar-refractivity contribution in [2.75, 3.05) is 40.6 Å². The minimum atomic E-state index is -1.82. The number of aliphatic hydroxyl groups excluding tert-OH is 2. The molecule has 0 aromatic heterocycles. The van der Waals surface area contributed by atoms with Crippen molar-refractivity contribution in [1.29, 1.82) is 0 Å². The molecule has 4 saturated heterocycles. The summed E-state index contributed by atoms with van der Waals surface area (Å²) in [5, 5.41) is 48.1. The van der Waals surface area contributed by atoms with Gasteiger partial charge >= 0.3 is 11.9 Å². The fourth-order valence-electron chi connectivity index (χ4n) is 10.3. The Labute approximate surface area is 386 Å². The summed E-state index contributed by atoms with van der Waals surface area (Å²) < 4.78 is 45.0. The van der Waals surface area contributed by atoms with Gasteiger partial charge in [0.1, 0.15) is 23.9 Å². The fourth-order valence-corrected chi connectivity index (χ4v) is 13.3. The van der Waals surface area contributed by atoms with Crippen LogP contribution in [0.5, 0.6) is 0 Å². The van der Waals surface area contributed by atoms with Crippen LogP contribution in [-0.2, 0) is 42.7 Å². The Morgan fingerprint density at radius 1 is 0.968 bits per heavy atom. The monoisotopic (exact) mass is 937 g/mol. The molecule has 0 aromatic carbocycles. The summed E-state index contributed by atoms with van der Waals surface area (Å²) >= 11 is 0. The molecule has 0 spiro atoms. The van der Waals surface area contributed by atoms with Gasteiger partial charge in [-0.25, -0.2) is 0 Å². The maximum absolute atomic E-state index is 14.5. The number of esters is 2. The number of aliphatic hydroxyl groups is 4. The van der Waals surface area contributed by atoms with Crippen molar-refractivity contribution in [2.45, 2.75) is 223 Å². The Kier molecular flexibility index (Phi) is 20.4. The predicted octanol–water partition coefficient (Wildman–Crippen LogP) is 5.17. The Morgan fingerprint density at radius 3 is 2.25 bits per heavy atom. The lowest BCUT2D eigenvalue weighted by Gasteiger charge is -2.49. The molecule has 19 atom stereocenters. The molecular formula is C46H84N2O13S2. The lowest BCUT2D eigenvalue weighted by Crippen LogP contribution is -2.61. The third-order valence-electron chi connectivity index (χ3n) is 14.3. The summed E-state index contributed by atoms with van der Waals surface area (Å²) in [5.74, 6) is -1.87. The van der Waals surface area contributed by atoms with Gasteiger partial charge in [0.15, 0.2) is 18.7 Å². The summed E-state index contributed by atoms with van der Waals surface area (Å²) in [6.45, 7) is 18.2. The number of likely N-dealkylation sites (N-methyl/N-ethyl adjacent to an activating group) is 2. The van der Waals surface area contributed by atoms with Crippen LogP contribution in [0, 0.1) is 17.8 Å². The van der Waals surface area contributed by atoms with Crippen LogP contribution in [0.2, 0.25) is 0 Å². The van der Waals surface area contributed by atoms with Gasteiger partial charge in [0, 0.05) is 49.5 Å². The zero-order valence-corrected chi connectivity index (χ0v) is 42.3. The van der Waals surface area contributed by atoms with Gasteiger partial charge in [-0.05, 0) is 114 Å². The van der Waals surface area contributed by atoms with Crippen LogP contribution in [0.15, 0.2) is 0 Å². The average Bonchev–Trinajstić information content (AvgIpc) is 3.74. The van der Waals surface area contributed by atoms with E-state index in [4.69, 9.17) is 33.2 Å². The topological polar surface area (TPSA) is 186 Å². The van der Waals surface area contributed by atoms with Gasteiger partial charge in [-0.3, -0.25) is 9.59 Å². The van der Waals surface area contributed by atoms with Crippen molar-refractivity contribution in [2.24, 2.45) is 17.8 Å². The molecule has 0 radical (unpaired) electrons. The van der Waals surface area contributed by atoms with E-state index in [1.165, 1.54) is 26.2 Å². The minimum absolute atomic E-state index is 0.117. The van der Waals surface area contributed by atoms with Crippen molar-refractivity contribution in [1.82, 2.24) is 9.80 Å². The standard InChI is InChI=1S/C46H84N2O13S2/c1-15-34-46(10,54)39(50)30(6)48(13)25-26(2)23-44(8,53)41(28(4)37(29(5)42(52)58-34)60-36-24-45(9,55-14)40(51)31(7)57-36)61-43-38(33(47(11)12)22-27(3)56-43)59-35(49)19-17-16-18-32-20-21-62-63-32/h26-34,36-41,43,50-51,53-54H,15-25H2,1-14H3/t26-,27-,28+,29-,30-,31+,32?,33+,34-,36+,37+,38-,39-,40+,41-,43+,44-,45-,46-/m1/s1. The lowest BCUT2D eigenvalue weighted by molar-refractivity contribution is -0.319. The van der Waals surface area contributed by atoms with Gasteiger partial charge in [0.25, 0.3) is 0 Å². The maximum Gasteiger partial charge on any atom is 0.311 e. The van der Waals surface area contributed by atoms with Gasteiger partial charge < -0.3 is 63.4 Å². The van der Waals surface area contributed by atoms with Crippen LogP contribution < -0.4 is 0 Å². The van der Waals surface area contributed by atoms with Gasteiger partial charge in [-0.1, -0.05) is 48.8 Å². The molecule has 4 rings (SSSR count). The number of cyclic esters (lactones) is 1. The number of rotatable bonds is 13. The summed E-state index contributed by atoms with van der Waals surface area (Å²) in [6, 6.07) is -0.829. The Bertz CT molecular complexity index is 1440. The van der Waals surface area contributed by atoms with Crippen LogP contribution in [-0.4, -0.2) is 178 Å². The highest BCUT2D eigenvalue weighted by molar-refractivity contribution is 8.77. The van der Waals surface area contributed by atoms with Crippen LogP contribution in [0.4, 0.5) is 0 Å². The average molecular weight is 937 g/mol. The van der Waals surface area contributed by atoms with Crippen molar-refractivity contribution in [3.05, 3.63) is 0 Å². The van der Waals surface area contributed by atoms with Crippen molar-refractivity contribution < 1.29 is 63.2 Å². The van der Waals surface area contributed by atoms with Crippen molar-refractivity contribution >= 4 is 33.5 Å². The van der Waals surface area contributed by atoms with Crippen LogP contribution in [0.3, 0.4) is 0 Å². The Hall–Kier alpha value is -0.800. The van der Waals surface area contributed by atoms with E-state index in [1.54, 1.807) is 34.6 Å². The van der Waals surface area contributed by atoms with E-state index in [0.29, 0.717) is 24.6 Å². The van der Waals surface area contributed by atoms with E-state index in [2.05, 4.69) is 0 Å². The van der Waals surface area contributed by atoms with Crippen molar-refractivity contribution in [3.8, 4) is 0 Å². The first-order chi connectivity index (χ1) is 29.4.